The Morgan fingerprint density at radius 3 is 2.71 bits per heavy atom. The fraction of sp³-hybridized carbons (Fsp3) is 0.533. The number of hydrogen-bond acceptors (Lipinski definition) is 5. The van der Waals surface area contributed by atoms with Gasteiger partial charge in [-0.05, 0) is 19.1 Å². The Balaban J connectivity index is 1.73. The Morgan fingerprint density at radius 2 is 2.00 bits per heavy atom. The number of carbonyl (C=O) groups is 1. The Bertz CT molecular complexity index is 447. The minimum absolute atomic E-state index is 0.434. The van der Waals surface area contributed by atoms with E-state index in [1.165, 1.54) is 0 Å². The zero-order valence-electron chi connectivity index (χ0n) is 12.3. The van der Waals surface area contributed by atoms with Gasteiger partial charge in [-0.15, -0.1) is 0 Å². The van der Waals surface area contributed by atoms with Crippen LogP contribution in [0.4, 0.5) is 4.79 Å². The van der Waals surface area contributed by atoms with E-state index in [9.17, 15) is 4.79 Å². The second kappa shape index (κ2) is 8.49. The van der Waals surface area contributed by atoms with Crippen LogP contribution in [0.2, 0.25) is 0 Å². The molecule has 116 valence electrons. The minimum Gasteiger partial charge on any atom is -0.490 e. The van der Waals surface area contributed by atoms with Crippen LogP contribution in [0.15, 0.2) is 24.3 Å². The van der Waals surface area contributed by atoms with Gasteiger partial charge in [0.2, 0.25) is 0 Å². The molecule has 0 radical (unpaired) electrons. The van der Waals surface area contributed by atoms with Crippen molar-refractivity contribution in [2.45, 2.75) is 6.92 Å². The molecule has 0 atom stereocenters. The second-order valence-electron chi connectivity index (χ2n) is 4.65. The lowest BCUT2D eigenvalue weighted by Crippen LogP contribution is -2.41. The first kappa shape index (κ1) is 15.6. The fourth-order valence-corrected chi connectivity index (χ4v) is 2.09. The summed E-state index contributed by atoms with van der Waals surface area (Å²) in [5, 5.41) is 2.75. The van der Waals surface area contributed by atoms with Crippen molar-refractivity contribution in [2.75, 3.05) is 46.0 Å². The van der Waals surface area contributed by atoms with Crippen molar-refractivity contribution in [1.29, 1.82) is 0 Å². The van der Waals surface area contributed by atoms with E-state index in [2.05, 4.69) is 10.2 Å². The number of nitrogens with zero attached hydrogens (tertiary/aromatic N) is 1. The van der Waals surface area contributed by atoms with Crippen molar-refractivity contribution in [1.82, 2.24) is 10.2 Å². The minimum atomic E-state index is -0.463. The monoisotopic (exact) mass is 294 g/mol. The van der Waals surface area contributed by atoms with Gasteiger partial charge in [0.05, 0.1) is 19.8 Å². The van der Waals surface area contributed by atoms with Gasteiger partial charge in [-0.1, -0.05) is 12.1 Å². The topological polar surface area (TPSA) is 60.0 Å². The SMILES string of the molecule is CCOc1ccccc1OC(=O)NCCN1CCOCC1. The molecule has 1 fully saturated rings. The molecule has 0 spiro atoms. The Labute approximate surface area is 125 Å². The lowest BCUT2D eigenvalue weighted by Gasteiger charge is -2.26. The molecule has 0 saturated carbocycles. The molecule has 21 heavy (non-hydrogen) atoms. The maximum Gasteiger partial charge on any atom is 0.412 e. The first-order valence-electron chi connectivity index (χ1n) is 7.27. The average molecular weight is 294 g/mol. The molecule has 0 aliphatic carbocycles. The molecular formula is C15H22N2O4. The number of amides is 1. The first-order chi connectivity index (χ1) is 10.3. The number of hydrogen-bond donors (Lipinski definition) is 1. The van der Waals surface area contributed by atoms with Crippen LogP contribution >= 0.6 is 0 Å². The molecule has 1 saturated heterocycles. The van der Waals surface area contributed by atoms with E-state index in [1.807, 2.05) is 13.0 Å². The molecule has 0 aromatic heterocycles. The van der Waals surface area contributed by atoms with E-state index in [0.29, 0.717) is 24.7 Å². The quantitative estimate of drug-likeness (QED) is 0.861. The van der Waals surface area contributed by atoms with Crippen molar-refractivity contribution >= 4 is 6.09 Å². The average Bonchev–Trinajstić information content (AvgIpc) is 2.50. The molecule has 0 unspecified atom stereocenters. The van der Waals surface area contributed by atoms with Gasteiger partial charge in [0.25, 0.3) is 0 Å². The Kier molecular flexibility index (Phi) is 6.30. The summed E-state index contributed by atoms with van der Waals surface area (Å²) in [5.41, 5.74) is 0. The van der Waals surface area contributed by atoms with Crippen LogP contribution < -0.4 is 14.8 Å². The van der Waals surface area contributed by atoms with Gasteiger partial charge in [0.1, 0.15) is 0 Å². The second-order valence-corrected chi connectivity index (χ2v) is 4.65. The zero-order chi connectivity index (χ0) is 14.9. The molecule has 6 heteroatoms. The van der Waals surface area contributed by atoms with Gasteiger partial charge in [0, 0.05) is 26.2 Å². The van der Waals surface area contributed by atoms with Crippen molar-refractivity contribution in [2.24, 2.45) is 0 Å². The van der Waals surface area contributed by atoms with Gasteiger partial charge in [-0.2, -0.15) is 0 Å². The molecule has 1 amide bonds. The summed E-state index contributed by atoms with van der Waals surface area (Å²) >= 11 is 0. The summed E-state index contributed by atoms with van der Waals surface area (Å²) in [7, 11) is 0. The van der Waals surface area contributed by atoms with Crippen molar-refractivity contribution in [3.05, 3.63) is 24.3 Å². The Hall–Kier alpha value is -1.79. The molecule has 6 nitrogen and oxygen atoms in total. The van der Waals surface area contributed by atoms with Crippen LogP contribution in [-0.2, 0) is 4.74 Å². The maximum absolute atomic E-state index is 11.8. The third kappa shape index (κ3) is 5.24. The van der Waals surface area contributed by atoms with Crippen LogP contribution in [0.25, 0.3) is 0 Å². The van der Waals surface area contributed by atoms with Gasteiger partial charge in [-0.25, -0.2) is 4.79 Å². The van der Waals surface area contributed by atoms with Crippen LogP contribution in [0, 0.1) is 0 Å². The third-order valence-electron chi connectivity index (χ3n) is 3.15. The highest BCUT2D eigenvalue weighted by Crippen LogP contribution is 2.26. The van der Waals surface area contributed by atoms with Crippen LogP contribution in [0.3, 0.4) is 0 Å². The van der Waals surface area contributed by atoms with Crippen molar-refractivity contribution in [3.8, 4) is 11.5 Å². The number of rotatable bonds is 6. The standard InChI is InChI=1S/C15H22N2O4/c1-2-20-13-5-3-4-6-14(13)21-15(18)16-7-8-17-9-11-19-12-10-17/h3-6H,2,7-12H2,1H3,(H,16,18). The number of ether oxygens (including phenoxy) is 3. The Morgan fingerprint density at radius 1 is 1.29 bits per heavy atom. The highest BCUT2D eigenvalue weighted by atomic mass is 16.6. The molecule has 1 aliphatic heterocycles. The summed E-state index contributed by atoms with van der Waals surface area (Å²) in [4.78, 5) is 14.0. The van der Waals surface area contributed by atoms with Gasteiger partial charge in [-0.3, -0.25) is 4.90 Å². The van der Waals surface area contributed by atoms with Gasteiger partial charge < -0.3 is 19.5 Å². The summed E-state index contributed by atoms with van der Waals surface area (Å²) < 4.78 is 16.0. The van der Waals surface area contributed by atoms with Crippen molar-refractivity contribution < 1.29 is 19.0 Å². The van der Waals surface area contributed by atoms with E-state index in [4.69, 9.17) is 14.2 Å². The van der Waals surface area contributed by atoms with E-state index in [0.717, 1.165) is 32.8 Å². The molecule has 1 heterocycles. The van der Waals surface area contributed by atoms with Gasteiger partial charge >= 0.3 is 6.09 Å². The lowest BCUT2D eigenvalue weighted by atomic mass is 10.3. The lowest BCUT2D eigenvalue weighted by molar-refractivity contribution is 0.0385. The molecule has 1 aromatic rings. The first-order valence-corrected chi connectivity index (χ1v) is 7.27. The highest BCUT2D eigenvalue weighted by Gasteiger charge is 2.12. The predicted molar refractivity (Wildman–Crippen MR) is 78.9 cm³/mol. The molecule has 1 aliphatic rings. The number of para-hydroxylation sites is 2. The summed E-state index contributed by atoms with van der Waals surface area (Å²) in [6, 6.07) is 7.14. The molecule has 2 rings (SSSR count). The summed E-state index contributed by atoms with van der Waals surface area (Å²) in [6.45, 7) is 7.09. The van der Waals surface area contributed by atoms with E-state index >= 15 is 0 Å². The van der Waals surface area contributed by atoms with Crippen molar-refractivity contribution in [3.63, 3.8) is 0 Å². The number of carbonyl (C=O) groups excluding carboxylic acids is 1. The fourth-order valence-electron chi connectivity index (χ4n) is 2.09. The smallest absolute Gasteiger partial charge is 0.412 e. The maximum atomic E-state index is 11.8. The molecule has 1 N–H and O–H groups in total. The third-order valence-corrected chi connectivity index (χ3v) is 3.15. The van der Waals surface area contributed by atoms with Crippen LogP contribution in [0.5, 0.6) is 11.5 Å². The highest BCUT2D eigenvalue weighted by molar-refractivity contribution is 5.71. The normalized spacial score (nSPS) is 15.5. The number of benzene rings is 1. The van der Waals surface area contributed by atoms with Crippen LogP contribution in [0.1, 0.15) is 6.92 Å². The summed E-state index contributed by atoms with van der Waals surface area (Å²) in [6.07, 6.45) is -0.463. The predicted octanol–water partition coefficient (Wildman–Crippen LogP) is 1.51. The van der Waals surface area contributed by atoms with E-state index in [1.54, 1.807) is 18.2 Å². The van der Waals surface area contributed by atoms with E-state index in [-0.39, 0.29) is 0 Å². The van der Waals surface area contributed by atoms with Crippen LogP contribution in [-0.4, -0.2) is 57.0 Å². The number of nitrogens with one attached hydrogen (secondary N) is 1. The molecular weight excluding hydrogens is 272 g/mol. The van der Waals surface area contributed by atoms with E-state index < -0.39 is 6.09 Å². The summed E-state index contributed by atoms with van der Waals surface area (Å²) in [5.74, 6) is 1.01. The molecule has 1 aromatic carbocycles. The zero-order valence-corrected chi connectivity index (χ0v) is 12.3. The molecule has 0 bridgehead atoms. The number of morpholine rings is 1. The van der Waals surface area contributed by atoms with Gasteiger partial charge in [0.15, 0.2) is 11.5 Å². The largest absolute Gasteiger partial charge is 0.490 e.